The molecule has 0 bridgehead atoms. The molecule has 0 aliphatic carbocycles. The van der Waals surface area contributed by atoms with E-state index in [4.69, 9.17) is 5.26 Å². The normalized spacial score (nSPS) is 18.7. The highest BCUT2D eigenvalue weighted by atomic mass is 16.6. The first kappa shape index (κ1) is 13.0. The summed E-state index contributed by atoms with van der Waals surface area (Å²) in [6, 6.07) is 8.06. The Bertz CT molecular complexity index is 550. The maximum atomic E-state index is 12.3. The van der Waals surface area contributed by atoms with Gasteiger partial charge in [-0.15, -0.1) is 0 Å². The molecule has 0 saturated carbocycles. The van der Waals surface area contributed by atoms with Crippen LogP contribution < -0.4 is 0 Å². The molecule has 1 aromatic rings. The Balaban J connectivity index is 2.25. The summed E-state index contributed by atoms with van der Waals surface area (Å²) in [6.45, 7) is 0.893. The first-order chi connectivity index (χ1) is 9.13. The molecule has 0 radical (unpaired) electrons. The summed E-state index contributed by atoms with van der Waals surface area (Å²) in [7, 11) is 0. The summed E-state index contributed by atoms with van der Waals surface area (Å²) in [4.78, 5) is 24.2. The third kappa shape index (κ3) is 2.71. The topological polar surface area (TPSA) is 87.2 Å². The quantitative estimate of drug-likeness (QED) is 0.600. The summed E-state index contributed by atoms with van der Waals surface area (Å²) < 4.78 is 0. The van der Waals surface area contributed by atoms with Crippen LogP contribution in [-0.2, 0) is 0 Å². The molecule has 98 valence electrons. The predicted octanol–water partition coefficient (Wildman–Crippen LogP) is 1.97. The van der Waals surface area contributed by atoms with Crippen LogP contribution in [0.4, 0.5) is 5.69 Å². The van der Waals surface area contributed by atoms with Crippen LogP contribution in [0.2, 0.25) is 0 Å². The van der Waals surface area contributed by atoms with E-state index in [1.54, 1.807) is 6.07 Å². The van der Waals surface area contributed by atoms with Gasteiger partial charge in [0.15, 0.2) is 0 Å². The number of carbonyl (C=O) groups excluding carboxylic acids is 1. The number of likely N-dealkylation sites (tertiary alicyclic amines) is 1. The van der Waals surface area contributed by atoms with E-state index in [9.17, 15) is 14.9 Å². The maximum absolute atomic E-state index is 12.3. The molecular formula is C13H13N3O3. The molecule has 2 rings (SSSR count). The van der Waals surface area contributed by atoms with Gasteiger partial charge in [0.2, 0.25) is 0 Å². The zero-order valence-corrected chi connectivity index (χ0v) is 10.3. The van der Waals surface area contributed by atoms with Crippen LogP contribution in [0.25, 0.3) is 0 Å². The smallest absolute Gasteiger partial charge is 0.282 e. The minimum atomic E-state index is -0.557. The van der Waals surface area contributed by atoms with E-state index in [0.29, 0.717) is 13.1 Å². The maximum Gasteiger partial charge on any atom is 0.282 e. The van der Waals surface area contributed by atoms with Crippen molar-refractivity contribution in [2.24, 2.45) is 5.92 Å². The van der Waals surface area contributed by atoms with Crippen molar-refractivity contribution in [1.82, 2.24) is 4.90 Å². The second kappa shape index (κ2) is 5.48. The number of nitriles is 1. The molecule has 1 saturated heterocycles. The van der Waals surface area contributed by atoms with Crippen molar-refractivity contribution in [2.45, 2.75) is 12.8 Å². The second-order valence-corrected chi connectivity index (χ2v) is 4.49. The van der Waals surface area contributed by atoms with E-state index in [2.05, 4.69) is 6.07 Å². The molecule has 1 aromatic carbocycles. The van der Waals surface area contributed by atoms with Crippen LogP contribution >= 0.6 is 0 Å². The number of rotatable bonds is 2. The molecule has 0 aromatic heterocycles. The van der Waals surface area contributed by atoms with Crippen molar-refractivity contribution in [1.29, 1.82) is 5.26 Å². The second-order valence-electron chi connectivity index (χ2n) is 4.49. The highest BCUT2D eigenvalue weighted by molar-refractivity contribution is 5.98. The van der Waals surface area contributed by atoms with Crippen molar-refractivity contribution in [3.05, 3.63) is 39.9 Å². The number of piperidine rings is 1. The highest BCUT2D eigenvalue weighted by Crippen LogP contribution is 2.23. The summed E-state index contributed by atoms with van der Waals surface area (Å²) in [5, 5.41) is 19.8. The van der Waals surface area contributed by atoms with Crippen LogP contribution in [0.5, 0.6) is 0 Å². The summed E-state index contributed by atoms with van der Waals surface area (Å²) in [5.41, 5.74) is -0.0994. The van der Waals surface area contributed by atoms with Gasteiger partial charge in [-0.05, 0) is 18.9 Å². The summed E-state index contributed by atoms with van der Waals surface area (Å²) >= 11 is 0. The Kier molecular flexibility index (Phi) is 3.76. The van der Waals surface area contributed by atoms with Gasteiger partial charge in [-0.1, -0.05) is 12.1 Å². The van der Waals surface area contributed by atoms with E-state index in [-0.39, 0.29) is 23.1 Å². The lowest BCUT2D eigenvalue weighted by Gasteiger charge is -2.29. The number of para-hydroxylation sites is 1. The largest absolute Gasteiger partial charge is 0.337 e. The number of amides is 1. The number of hydrogen-bond donors (Lipinski definition) is 0. The molecule has 6 heteroatoms. The van der Waals surface area contributed by atoms with E-state index in [0.717, 1.165) is 12.8 Å². The van der Waals surface area contributed by atoms with Gasteiger partial charge in [0.1, 0.15) is 5.56 Å². The Labute approximate surface area is 110 Å². The molecule has 1 aliphatic heterocycles. The Morgan fingerprint density at radius 1 is 1.47 bits per heavy atom. The summed E-state index contributed by atoms with van der Waals surface area (Å²) in [5.74, 6) is -0.548. The van der Waals surface area contributed by atoms with Gasteiger partial charge >= 0.3 is 0 Å². The fourth-order valence-corrected chi connectivity index (χ4v) is 2.25. The average molecular weight is 259 g/mol. The molecule has 1 amide bonds. The first-order valence-electron chi connectivity index (χ1n) is 6.06. The predicted molar refractivity (Wildman–Crippen MR) is 67.3 cm³/mol. The number of benzene rings is 1. The Morgan fingerprint density at radius 2 is 2.21 bits per heavy atom. The molecule has 1 fully saturated rings. The highest BCUT2D eigenvalue weighted by Gasteiger charge is 2.28. The van der Waals surface area contributed by atoms with Crippen LogP contribution in [0, 0.1) is 27.4 Å². The van der Waals surface area contributed by atoms with Crippen LogP contribution in [0.15, 0.2) is 24.3 Å². The number of nitro groups is 1. The molecule has 1 aliphatic rings. The van der Waals surface area contributed by atoms with E-state index in [1.165, 1.54) is 23.1 Å². The fraction of sp³-hybridized carbons (Fsp3) is 0.385. The summed E-state index contributed by atoms with van der Waals surface area (Å²) in [6.07, 6.45) is 1.53. The van der Waals surface area contributed by atoms with Gasteiger partial charge in [0, 0.05) is 19.2 Å². The Hall–Kier alpha value is -2.42. The minimum Gasteiger partial charge on any atom is -0.337 e. The zero-order valence-electron chi connectivity index (χ0n) is 10.3. The first-order valence-corrected chi connectivity index (χ1v) is 6.06. The van der Waals surface area contributed by atoms with Crippen molar-refractivity contribution in [2.75, 3.05) is 13.1 Å². The molecule has 1 atom stereocenters. The van der Waals surface area contributed by atoms with Gasteiger partial charge in [0.25, 0.3) is 11.6 Å². The van der Waals surface area contributed by atoms with Gasteiger partial charge in [-0.3, -0.25) is 14.9 Å². The number of hydrogen-bond acceptors (Lipinski definition) is 4. The van der Waals surface area contributed by atoms with Crippen molar-refractivity contribution >= 4 is 11.6 Å². The van der Waals surface area contributed by atoms with E-state index in [1.807, 2.05) is 0 Å². The fourth-order valence-electron chi connectivity index (χ4n) is 2.25. The third-order valence-corrected chi connectivity index (χ3v) is 3.22. The SMILES string of the molecule is N#CC1CCCN(C(=O)c2ccccc2[N+](=O)[O-])C1. The van der Waals surface area contributed by atoms with Gasteiger partial charge in [0.05, 0.1) is 16.9 Å². The lowest BCUT2D eigenvalue weighted by Crippen LogP contribution is -2.39. The average Bonchev–Trinajstić information content (AvgIpc) is 2.46. The molecule has 19 heavy (non-hydrogen) atoms. The molecule has 6 nitrogen and oxygen atoms in total. The van der Waals surface area contributed by atoms with Gasteiger partial charge < -0.3 is 4.90 Å². The van der Waals surface area contributed by atoms with Gasteiger partial charge in [-0.25, -0.2) is 0 Å². The lowest BCUT2D eigenvalue weighted by molar-refractivity contribution is -0.385. The zero-order chi connectivity index (χ0) is 13.8. The Morgan fingerprint density at radius 3 is 2.89 bits per heavy atom. The minimum absolute atomic E-state index is 0.0890. The molecule has 1 unspecified atom stereocenters. The molecule has 1 heterocycles. The number of nitro benzene ring substituents is 1. The number of nitrogens with zero attached hydrogens (tertiary/aromatic N) is 3. The van der Waals surface area contributed by atoms with Crippen molar-refractivity contribution in [3.8, 4) is 6.07 Å². The molecule has 0 N–H and O–H groups in total. The molecule has 0 spiro atoms. The lowest BCUT2D eigenvalue weighted by atomic mass is 9.99. The third-order valence-electron chi connectivity index (χ3n) is 3.22. The van der Waals surface area contributed by atoms with Gasteiger partial charge in [-0.2, -0.15) is 5.26 Å². The monoisotopic (exact) mass is 259 g/mol. The van der Waals surface area contributed by atoms with Crippen molar-refractivity contribution in [3.63, 3.8) is 0 Å². The van der Waals surface area contributed by atoms with E-state index < -0.39 is 4.92 Å². The van der Waals surface area contributed by atoms with E-state index >= 15 is 0 Å². The van der Waals surface area contributed by atoms with Crippen molar-refractivity contribution < 1.29 is 9.72 Å². The molecular weight excluding hydrogens is 246 g/mol. The number of carbonyl (C=O) groups is 1. The van der Waals surface area contributed by atoms with Crippen LogP contribution in [0.3, 0.4) is 0 Å². The standard InChI is InChI=1S/C13H13N3O3/c14-8-10-4-3-7-15(9-10)13(17)11-5-1-2-6-12(11)16(18)19/h1-2,5-6,10H,3-4,7,9H2. The van der Waals surface area contributed by atoms with Crippen LogP contribution in [0.1, 0.15) is 23.2 Å². The van der Waals surface area contributed by atoms with Crippen LogP contribution in [-0.4, -0.2) is 28.8 Å².